The lowest BCUT2D eigenvalue weighted by Crippen LogP contribution is -2.44. The molecule has 3 saturated carbocycles. The third-order valence-electron chi connectivity index (χ3n) is 4.79. The van der Waals surface area contributed by atoms with Crippen LogP contribution in [0.2, 0.25) is 0 Å². The smallest absolute Gasteiger partial charge is 0.0189 e. The Morgan fingerprint density at radius 3 is 2.25 bits per heavy atom. The molecule has 68 valence electrons. The maximum atomic E-state index is 5.01. The average molecular weight is 182 g/mol. The molecule has 12 heavy (non-hydrogen) atoms. The van der Waals surface area contributed by atoms with Crippen LogP contribution in [-0.2, 0) is 0 Å². The van der Waals surface area contributed by atoms with Gasteiger partial charge in [-0.1, -0.05) is 6.42 Å². The Balaban J connectivity index is 1.80. The van der Waals surface area contributed by atoms with E-state index < -0.39 is 0 Å². The molecule has 0 aliphatic heterocycles. The van der Waals surface area contributed by atoms with E-state index in [0.717, 1.165) is 17.8 Å². The predicted octanol–water partition coefficient (Wildman–Crippen LogP) is 3.28. The van der Waals surface area contributed by atoms with Crippen molar-refractivity contribution in [2.24, 2.45) is 17.8 Å². The maximum Gasteiger partial charge on any atom is 0.0189 e. The normalized spacial score (nSPS) is 52.8. The van der Waals surface area contributed by atoms with Gasteiger partial charge in [0.05, 0.1) is 0 Å². The van der Waals surface area contributed by atoms with E-state index in [1.54, 1.807) is 0 Å². The van der Waals surface area contributed by atoms with E-state index >= 15 is 0 Å². The lowest BCUT2D eigenvalue weighted by molar-refractivity contribution is 0.120. The molecule has 3 aliphatic rings. The highest BCUT2D eigenvalue weighted by Gasteiger charge is 2.54. The van der Waals surface area contributed by atoms with Gasteiger partial charge in [0.25, 0.3) is 0 Å². The molecule has 0 aromatic carbocycles. The third-order valence-corrected chi connectivity index (χ3v) is 5.71. The average Bonchev–Trinajstić information content (AvgIpc) is 1.97. The lowest BCUT2D eigenvalue weighted by atomic mass is 9.64. The van der Waals surface area contributed by atoms with Crippen LogP contribution in [0.1, 0.15) is 44.9 Å². The Morgan fingerprint density at radius 2 is 1.83 bits per heavy atom. The quantitative estimate of drug-likeness (QED) is 0.591. The summed E-state index contributed by atoms with van der Waals surface area (Å²) in [7, 11) is 0. The highest BCUT2D eigenvalue weighted by atomic mass is 32.1. The van der Waals surface area contributed by atoms with Gasteiger partial charge in [0.15, 0.2) is 0 Å². The molecule has 3 rings (SSSR count). The van der Waals surface area contributed by atoms with E-state index in [1.807, 2.05) is 0 Å². The van der Waals surface area contributed by atoms with Crippen LogP contribution in [-0.4, -0.2) is 4.75 Å². The van der Waals surface area contributed by atoms with Gasteiger partial charge in [0.1, 0.15) is 0 Å². The molecule has 1 heteroatoms. The van der Waals surface area contributed by atoms with Crippen molar-refractivity contribution in [1.29, 1.82) is 0 Å². The van der Waals surface area contributed by atoms with Crippen LogP contribution in [0.4, 0.5) is 0 Å². The first-order valence-electron chi connectivity index (χ1n) is 5.53. The molecule has 0 nitrogen and oxygen atoms in total. The minimum atomic E-state index is 0.501. The molecule has 0 radical (unpaired) electrons. The van der Waals surface area contributed by atoms with Gasteiger partial charge in [-0.05, 0) is 56.3 Å². The Hall–Kier alpha value is 0.350. The van der Waals surface area contributed by atoms with Crippen LogP contribution in [0, 0.1) is 17.8 Å². The Bertz CT molecular complexity index is 197. The Kier molecular flexibility index (Phi) is 1.57. The zero-order valence-electron chi connectivity index (χ0n) is 7.63. The first-order valence-corrected chi connectivity index (χ1v) is 5.98. The summed E-state index contributed by atoms with van der Waals surface area (Å²) in [5, 5.41) is 0. The van der Waals surface area contributed by atoms with Gasteiger partial charge < -0.3 is 0 Å². The van der Waals surface area contributed by atoms with Crippen molar-refractivity contribution < 1.29 is 0 Å². The molecule has 0 aromatic rings. The summed E-state index contributed by atoms with van der Waals surface area (Å²) in [6.45, 7) is 0. The van der Waals surface area contributed by atoms with E-state index in [4.69, 9.17) is 12.6 Å². The summed E-state index contributed by atoms with van der Waals surface area (Å²) >= 11 is 5.01. The molecular formula is C11H18S. The first kappa shape index (κ1) is 7.73. The largest absolute Gasteiger partial charge is 0.172 e. The minimum absolute atomic E-state index is 0.501. The molecule has 0 bridgehead atoms. The number of fused-ring (bicyclic) bond motifs is 1. The maximum absolute atomic E-state index is 5.01. The van der Waals surface area contributed by atoms with Crippen LogP contribution >= 0.6 is 12.6 Å². The van der Waals surface area contributed by atoms with Gasteiger partial charge in [0, 0.05) is 4.75 Å². The van der Waals surface area contributed by atoms with Crippen molar-refractivity contribution in [1.82, 2.24) is 0 Å². The zero-order chi connectivity index (χ0) is 8.18. The molecule has 0 amide bonds. The highest BCUT2D eigenvalue weighted by molar-refractivity contribution is 7.81. The fourth-order valence-corrected chi connectivity index (χ4v) is 4.32. The monoisotopic (exact) mass is 182 g/mol. The van der Waals surface area contributed by atoms with E-state index in [0.29, 0.717) is 4.75 Å². The SMILES string of the molecule is SC1(C2CCC2)CCC2CC[C@@H]21. The second-order valence-electron chi connectivity index (χ2n) is 5.10. The van der Waals surface area contributed by atoms with Crippen LogP contribution in [0.15, 0.2) is 0 Å². The molecule has 0 spiro atoms. The van der Waals surface area contributed by atoms with Gasteiger partial charge in [0.2, 0.25) is 0 Å². The molecule has 0 N–H and O–H groups in total. The number of hydrogen-bond acceptors (Lipinski definition) is 1. The van der Waals surface area contributed by atoms with E-state index in [1.165, 1.54) is 44.9 Å². The summed E-state index contributed by atoms with van der Waals surface area (Å²) in [4.78, 5) is 0. The van der Waals surface area contributed by atoms with E-state index in [2.05, 4.69) is 0 Å². The fourth-order valence-electron chi connectivity index (χ4n) is 3.59. The second-order valence-corrected chi connectivity index (χ2v) is 5.93. The van der Waals surface area contributed by atoms with Crippen molar-refractivity contribution >= 4 is 12.6 Å². The van der Waals surface area contributed by atoms with Crippen LogP contribution in [0.3, 0.4) is 0 Å². The van der Waals surface area contributed by atoms with Gasteiger partial charge >= 0.3 is 0 Å². The number of thiol groups is 1. The summed E-state index contributed by atoms with van der Waals surface area (Å²) in [5.41, 5.74) is 0. The van der Waals surface area contributed by atoms with Gasteiger partial charge in [-0.15, -0.1) is 0 Å². The first-order chi connectivity index (χ1) is 5.81. The van der Waals surface area contributed by atoms with Crippen molar-refractivity contribution in [3.63, 3.8) is 0 Å². The zero-order valence-corrected chi connectivity index (χ0v) is 8.52. The van der Waals surface area contributed by atoms with Crippen molar-refractivity contribution in [2.45, 2.75) is 49.7 Å². The summed E-state index contributed by atoms with van der Waals surface area (Å²) in [6, 6.07) is 0. The second kappa shape index (κ2) is 2.43. The molecular weight excluding hydrogens is 164 g/mol. The van der Waals surface area contributed by atoms with Gasteiger partial charge in [-0.25, -0.2) is 0 Å². The molecule has 0 heterocycles. The summed E-state index contributed by atoms with van der Waals surface area (Å²) in [5.74, 6) is 3.10. The van der Waals surface area contributed by atoms with Crippen LogP contribution in [0.25, 0.3) is 0 Å². The van der Waals surface area contributed by atoms with Crippen LogP contribution in [0.5, 0.6) is 0 Å². The molecule has 2 unspecified atom stereocenters. The van der Waals surface area contributed by atoms with E-state index in [-0.39, 0.29) is 0 Å². The molecule has 0 aromatic heterocycles. The Labute approximate surface area is 80.5 Å². The van der Waals surface area contributed by atoms with Crippen LogP contribution < -0.4 is 0 Å². The number of rotatable bonds is 1. The van der Waals surface area contributed by atoms with E-state index in [9.17, 15) is 0 Å². The highest BCUT2D eigenvalue weighted by Crippen LogP contribution is 2.61. The minimum Gasteiger partial charge on any atom is -0.172 e. The summed E-state index contributed by atoms with van der Waals surface area (Å²) in [6.07, 6.45) is 10.4. The molecule has 3 fully saturated rings. The van der Waals surface area contributed by atoms with Crippen molar-refractivity contribution in [3.8, 4) is 0 Å². The van der Waals surface area contributed by atoms with Crippen molar-refractivity contribution in [3.05, 3.63) is 0 Å². The fraction of sp³-hybridized carbons (Fsp3) is 1.00. The van der Waals surface area contributed by atoms with Crippen molar-refractivity contribution in [2.75, 3.05) is 0 Å². The predicted molar refractivity (Wildman–Crippen MR) is 54.5 cm³/mol. The topological polar surface area (TPSA) is 0 Å². The number of hydrogen-bond donors (Lipinski definition) is 1. The molecule has 3 aliphatic carbocycles. The Morgan fingerprint density at radius 1 is 1.00 bits per heavy atom. The molecule has 3 atom stereocenters. The molecule has 0 saturated heterocycles. The van der Waals surface area contributed by atoms with Gasteiger partial charge in [-0.3, -0.25) is 0 Å². The third kappa shape index (κ3) is 0.814. The summed E-state index contributed by atoms with van der Waals surface area (Å²) < 4.78 is 0.501. The lowest BCUT2D eigenvalue weighted by Gasteiger charge is -2.48. The van der Waals surface area contributed by atoms with Gasteiger partial charge in [-0.2, -0.15) is 12.6 Å². The standard InChI is InChI=1S/C11H18S/c12-11(9-2-1-3-9)7-6-8-4-5-10(8)11/h8-10,12H,1-7H2/t8?,10-,11?/m0/s1.